The molecule has 110 valence electrons. The molecule has 0 saturated heterocycles. The molecule has 0 aromatic carbocycles. The Morgan fingerprint density at radius 2 is 2.00 bits per heavy atom. The summed E-state index contributed by atoms with van der Waals surface area (Å²) in [6, 6.07) is 5.27. The Bertz CT molecular complexity index is 706. The van der Waals surface area contributed by atoms with Gasteiger partial charge in [0.1, 0.15) is 0 Å². The fraction of sp³-hybridized carbons (Fsp3) is 0.333. The first-order chi connectivity index (χ1) is 9.34. The van der Waals surface area contributed by atoms with Crippen LogP contribution in [0.1, 0.15) is 14.6 Å². The molecule has 0 amide bonds. The van der Waals surface area contributed by atoms with E-state index < -0.39 is 10.0 Å². The van der Waals surface area contributed by atoms with Crippen molar-refractivity contribution in [3.8, 4) is 0 Å². The Hall–Kier alpha value is -0.440. The van der Waals surface area contributed by atoms with E-state index in [9.17, 15) is 8.42 Å². The molecule has 8 heteroatoms. The fourth-order valence-corrected chi connectivity index (χ4v) is 5.64. The van der Waals surface area contributed by atoms with Gasteiger partial charge in [-0.1, -0.05) is 11.6 Å². The summed E-state index contributed by atoms with van der Waals surface area (Å²) in [6.07, 6.45) is 0. The average Bonchev–Trinajstić information content (AvgIpc) is 2.95. The van der Waals surface area contributed by atoms with Gasteiger partial charge in [0.15, 0.2) is 0 Å². The summed E-state index contributed by atoms with van der Waals surface area (Å²) in [6.45, 7) is 2.46. The van der Waals surface area contributed by atoms with Gasteiger partial charge in [-0.25, -0.2) is 8.42 Å². The molecule has 2 N–H and O–H groups in total. The molecule has 0 radical (unpaired) electrons. The maximum absolute atomic E-state index is 12.6. The minimum absolute atomic E-state index is 0.312. The van der Waals surface area contributed by atoms with Crippen molar-refractivity contribution >= 4 is 44.3 Å². The second kappa shape index (κ2) is 6.13. The van der Waals surface area contributed by atoms with Gasteiger partial charge in [0.2, 0.25) is 10.0 Å². The Labute approximate surface area is 131 Å². The van der Waals surface area contributed by atoms with Crippen molar-refractivity contribution < 1.29 is 8.42 Å². The van der Waals surface area contributed by atoms with Crippen molar-refractivity contribution in [3.63, 3.8) is 0 Å². The van der Waals surface area contributed by atoms with E-state index in [1.54, 1.807) is 26.1 Å². The van der Waals surface area contributed by atoms with Crippen molar-refractivity contribution in [2.24, 2.45) is 5.73 Å². The highest BCUT2D eigenvalue weighted by molar-refractivity contribution is 7.89. The lowest BCUT2D eigenvalue weighted by atomic mass is 10.4. The first kappa shape index (κ1) is 15.9. The number of aryl methyl sites for hydroxylation is 1. The van der Waals surface area contributed by atoms with Crippen molar-refractivity contribution in [2.75, 3.05) is 7.05 Å². The second-order valence-corrected chi connectivity index (χ2v) is 9.46. The van der Waals surface area contributed by atoms with E-state index in [4.69, 9.17) is 17.3 Å². The van der Waals surface area contributed by atoms with Crippen LogP contribution in [0.3, 0.4) is 0 Å². The molecule has 0 saturated carbocycles. The number of thiophene rings is 2. The molecular formula is C12H15ClN2O2S3. The first-order valence-electron chi connectivity index (χ1n) is 5.84. The minimum atomic E-state index is -3.50. The molecular weight excluding hydrogens is 336 g/mol. The molecule has 4 nitrogen and oxygen atoms in total. The number of nitrogens with zero attached hydrogens (tertiary/aromatic N) is 1. The summed E-state index contributed by atoms with van der Waals surface area (Å²) >= 11 is 8.66. The van der Waals surface area contributed by atoms with Gasteiger partial charge >= 0.3 is 0 Å². The second-order valence-electron chi connectivity index (χ2n) is 4.30. The van der Waals surface area contributed by atoms with Gasteiger partial charge in [0, 0.05) is 34.8 Å². The van der Waals surface area contributed by atoms with Crippen LogP contribution in [0.2, 0.25) is 4.34 Å². The summed E-state index contributed by atoms with van der Waals surface area (Å²) in [5, 5.41) is 0. The van der Waals surface area contributed by atoms with Crippen molar-refractivity contribution in [1.82, 2.24) is 4.31 Å². The normalized spacial score (nSPS) is 12.2. The molecule has 0 fully saturated rings. The number of sulfonamides is 1. The number of rotatable bonds is 5. The van der Waals surface area contributed by atoms with E-state index >= 15 is 0 Å². The van der Waals surface area contributed by atoms with Crippen molar-refractivity contribution in [2.45, 2.75) is 24.9 Å². The highest BCUT2D eigenvalue weighted by atomic mass is 35.5. The highest BCUT2D eigenvalue weighted by Crippen LogP contribution is 2.29. The predicted octanol–water partition coefficient (Wildman–Crippen LogP) is 3.05. The Morgan fingerprint density at radius 3 is 2.50 bits per heavy atom. The Balaban J connectivity index is 2.26. The molecule has 0 spiro atoms. The van der Waals surface area contributed by atoms with Crippen LogP contribution in [-0.2, 0) is 23.1 Å². The van der Waals surface area contributed by atoms with Crippen LogP contribution in [0.25, 0.3) is 0 Å². The standard InChI is InChI=1S/C12H15ClN2O2S3/c1-8-11(5-10(6-14)18-8)20(16,17)15(2)7-9-3-4-12(13)19-9/h3-5H,6-7,14H2,1-2H3. The molecule has 0 aliphatic heterocycles. The van der Waals surface area contributed by atoms with Gasteiger partial charge < -0.3 is 5.73 Å². The van der Waals surface area contributed by atoms with Crippen LogP contribution in [0.4, 0.5) is 0 Å². The van der Waals surface area contributed by atoms with Gasteiger partial charge in [0.05, 0.1) is 9.23 Å². The number of hydrogen-bond acceptors (Lipinski definition) is 5. The van der Waals surface area contributed by atoms with Crippen molar-refractivity contribution in [1.29, 1.82) is 0 Å². The van der Waals surface area contributed by atoms with Gasteiger partial charge in [-0.05, 0) is 25.1 Å². The molecule has 20 heavy (non-hydrogen) atoms. The zero-order valence-corrected chi connectivity index (χ0v) is 14.3. The molecule has 2 rings (SSSR count). The summed E-state index contributed by atoms with van der Waals surface area (Å²) < 4.78 is 27.1. The van der Waals surface area contributed by atoms with E-state index in [2.05, 4.69) is 0 Å². The third-order valence-electron chi connectivity index (χ3n) is 2.82. The van der Waals surface area contributed by atoms with Gasteiger partial charge in [-0.2, -0.15) is 4.31 Å². The largest absolute Gasteiger partial charge is 0.326 e. The third kappa shape index (κ3) is 3.24. The molecule has 2 heterocycles. The van der Waals surface area contributed by atoms with Crippen molar-refractivity contribution in [3.05, 3.63) is 37.2 Å². The zero-order chi connectivity index (χ0) is 14.9. The maximum atomic E-state index is 12.6. The van der Waals surface area contributed by atoms with Crippen LogP contribution in [0.15, 0.2) is 23.1 Å². The van der Waals surface area contributed by atoms with E-state index in [0.29, 0.717) is 22.3 Å². The highest BCUT2D eigenvalue weighted by Gasteiger charge is 2.25. The molecule has 0 atom stereocenters. The molecule has 0 bridgehead atoms. The summed E-state index contributed by atoms with van der Waals surface area (Å²) in [7, 11) is -1.92. The predicted molar refractivity (Wildman–Crippen MR) is 84.9 cm³/mol. The van der Waals surface area contributed by atoms with Crippen LogP contribution >= 0.6 is 34.3 Å². The van der Waals surface area contributed by atoms with E-state index in [0.717, 1.165) is 14.6 Å². The van der Waals surface area contributed by atoms with Crippen LogP contribution < -0.4 is 5.73 Å². The summed E-state index contributed by atoms with van der Waals surface area (Å²) in [5.41, 5.74) is 5.57. The number of hydrogen-bond donors (Lipinski definition) is 1. The lowest BCUT2D eigenvalue weighted by Crippen LogP contribution is -2.26. The number of halogens is 1. The molecule has 0 unspecified atom stereocenters. The maximum Gasteiger partial charge on any atom is 0.244 e. The quantitative estimate of drug-likeness (QED) is 0.901. The van der Waals surface area contributed by atoms with E-state index in [1.165, 1.54) is 27.0 Å². The Morgan fingerprint density at radius 1 is 1.30 bits per heavy atom. The van der Waals surface area contributed by atoms with E-state index in [-0.39, 0.29) is 0 Å². The van der Waals surface area contributed by atoms with Gasteiger partial charge in [0.25, 0.3) is 0 Å². The zero-order valence-electron chi connectivity index (χ0n) is 11.1. The van der Waals surface area contributed by atoms with Crippen LogP contribution in [0, 0.1) is 6.92 Å². The molecule has 0 aliphatic carbocycles. The summed E-state index contributed by atoms with van der Waals surface area (Å²) in [4.78, 5) is 2.89. The lowest BCUT2D eigenvalue weighted by Gasteiger charge is -2.16. The van der Waals surface area contributed by atoms with Gasteiger partial charge in [-0.15, -0.1) is 22.7 Å². The molecule has 2 aromatic rings. The number of nitrogens with two attached hydrogens (primary N) is 1. The average molecular weight is 351 g/mol. The summed E-state index contributed by atoms with van der Waals surface area (Å²) in [5.74, 6) is 0. The SMILES string of the molecule is Cc1sc(CN)cc1S(=O)(=O)N(C)Cc1ccc(Cl)s1. The third-order valence-corrected chi connectivity index (χ3v) is 7.17. The van der Waals surface area contributed by atoms with Crippen LogP contribution in [-0.4, -0.2) is 19.8 Å². The van der Waals surface area contributed by atoms with Crippen LogP contribution in [0.5, 0.6) is 0 Å². The van der Waals surface area contributed by atoms with E-state index in [1.807, 2.05) is 6.07 Å². The molecule has 2 aromatic heterocycles. The fourth-order valence-electron chi connectivity index (χ4n) is 1.79. The monoisotopic (exact) mass is 350 g/mol. The lowest BCUT2D eigenvalue weighted by molar-refractivity contribution is 0.469. The first-order valence-corrected chi connectivity index (χ1v) is 9.29. The smallest absolute Gasteiger partial charge is 0.244 e. The van der Waals surface area contributed by atoms with Gasteiger partial charge in [-0.3, -0.25) is 0 Å². The minimum Gasteiger partial charge on any atom is -0.326 e. The Kier molecular flexibility index (Phi) is 4.88. The topological polar surface area (TPSA) is 63.4 Å². The molecule has 0 aliphatic rings.